The SMILES string of the molecule is NC(Cc1ccc(O)cc1)c1nnc2ccccn12. The van der Waals surface area contributed by atoms with Crippen molar-refractivity contribution in [3.63, 3.8) is 0 Å². The Bertz CT molecular complexity index is 690. The normalized spacial score (nSPS) is 12.7. The molecular weight excluding hydrogens is 240 g/mol. The minimum Gasteiger partial charge on any atom is -0.508 e. The Balaban J connectivity index is 1.87. The Kier molecular flexibility index (Phi) is 2.89. The molecule has 96 valence electrons. The molecule has 3 aromatic rings. The van der Waals surface area contributed by atoms with Gasteiger partial charge in [-0.05, 0) is 36.2 Å². The highest BCUT2D eigenvalue weighted by Crippen LogP contribution is 2.17. The summed E-state index contributed by atoms with van der Waals surface area (Å²) in [6.07, 6.45) is 2.55. The number of benzene rings is 1. The van der Waals surface area contributed by atoms with Crippen LogP contribution in [-0.2, 0) is 6.42 Å². The number of rotatable bonds is 3. The summed E-state index contributed by atoms with van der Waals surface area (Å²) in [5.41, 5.74) is 8.03. The number of pyridine rings is 1. The zero-order valence-corrected chi connectivity index (χ0v) is 10.3. The van der Waals surface area contributed by atoms with Gasteiger partial charge in [0, 0.05) is 6.20 Å². The van der Waals surface area contributed by atoms with Gasteiger partial charge in [-0.2, -0.15) is 0 Å². The van der Waals surface area contributed by atoms with Gasteiger partial charge in [-0.15, -0.1) is 10.2 Å². The molecule has 0 aliphatic rings. The van der Waals surface area contributed by atoms with Gasteiger partial charge in [-0.1, -0.05) is 18.2 Å². The molecule has 1 unspecified atom stereocenters. The molecule has 5 nitrogen and oxygen atoms in total. The topological polar surface area (TPSA) is 76.4 Å². The lowest BCUT2D eigenvalue weighted by atomic mass is 10.1. The van der Waals surface area contributed by atoms with Gasteiger partial charge in [-0.3, -0.25) is 4.40 Å². The fourth-order valence-electron chi connectivity index (χ4n) is 2.09. The summed E-state index contributed by atoms with van der Waals surface area (Å²) in [6.45, 7) is 0. The second kappa shape index (κ2) is 4.70. The van der Waals surface area contributed by atoms with E-state index in [-0.39, 0.29) is 11.8 Å². The first kappa shape index (κ1) is 11.7. The highest BCUT2D eigenvalue weighted by atomic mass is 16.3. The van der Waals surface area contributed by atoms with Gasteiger partial charge in [0.2, 0.25) is 0 Å². The number of aromatic nitrogens is 3. The molecule has 1 atom stereocenters. The number of aromatic hydroxyl groups is 1. The van der Waals surface area contributed by atoms with E-state index >= 15 is 0 Å². The maximum Gasteiger partial charge on any atom is 0.160 e. The fourth-order valence-corrected chi connectivity index (χ4v) is 2.09. The van der Waals surface area contributed by atoms with Crippen molar-refractivity contribution in [3.8, 4) is 5.75 Å². The van der Waals surface area contributed by atoms with E-state index in [9.17, 15) is 5.11 Å². The molecule has 3 rings (SSSR count). The van der Waals surface area contributed by atoms with Crippen LogP contribution in [0.5, 0.6) is 5.75 Å². The second-order valence-corrected chi connectivity index (χ2v) is 4.46. The van der Waals surface area contributed by atoms with Crippen LogP contribution >= 0.6 is 0 Å². The van der Waals surface area contributed by atoms with Crippen LogP contribution in [0.25, 0.3) is 5.65 Å². The Labute approximate surface area is 110 Å². The van der Waals surface area contributed by atoms with E-state index in [4.69, 9.17) is 5.73 Å². The molecule has 0 amide bonds. The molecule has 3 N–H and O–H groups in total. The monoisotopic (exact) mass is 254 g/mol. The van der Waals surface area contributed by atoms with Crippen LogP contribution < -0.4 is 5.73 Å². The first-order valence-electron chi connectivity index (χ1n) is 6.07. The van der Waals surface area contributed by atoms with E-state index in [2.05, 4.69) is 10.2 Å². The largest absolute Gasteiger partial charge is 0.508 e. The molecule has 1 aromatic carbocycles. The summed E-state index contributed by atoms with van der Waals surface area (Å²) < 4.78 is 1.89. The summed E-state index contributed by atoms with van der Waals surface area (Å²) in [6, 6.07) is 12.5. The van der Waals surface area contributed by atoms with Crippen LogP contribution in [0.2, 0.25) is 0 Å². The zero-order valence-electron chi connectivity index (χ0n) is 10.3. The standard InChI is InChI=1S/C14H14N4O/c15-12(9-10-4-6-11(19)7-5-10)14-17-16-13-3-1-2-8-18(13)14/h1-8,12,19H,9,15H2. The average Bonchev–Trinajstić information content (AvgIpc) is 2.85. The first-order chi connectivity index (χ1) is 9.24. The molecule has 0 aliphatic carbocycles. The molecule has 2 heterocycles. The first-order valence-corrected chi connectivity index (χ1v) is 6.07. The van der Waals surface area contributed by atoms with E-state index in [1.54, 1.807) is 12.1 Å². The van der Waals surface area contributed by atoms with Crippen molar-refractivity contribution in [2.75, 3.05) is 0 Å². The predicted molar refractivity (Wildman–Crippen MR) is 71.7 cm³/mol. The summed E-state index contributed by atoms with van der Waals surface area (Å²) >= 11 is 0. The van der Waals surface area contributed by atoms with Gasteiger partial charge in [0.25, 0.3) is 0 Å². The maximum atomic E-state index is 9.26. The van der Waals surface area contributed by atoms with Gasteiger partial charge in [0.15, 0.2) is 11.5 Å². The highest BCUT2D eigenvalue weighted by Gasteiger charge is 2.14. The molecular formula is C14H14N4O. The van der Waals surface area contributed by atoms with Crippen molar-refractivity contribution in [2.45, 2.75) is 12.5 Å². The van der Waals surface area contributed by atoms with Crippen LogP contribution in [0.3, 0.4) is 0 Å². The van der Waals surface area contributed by atoms with Crippen molar-refractivity contribution < 1.29 is 5.11 Å². The third-order valence-electron chi connectivity index (χ3n) is 3.06. The maximum absolute atomic E-state index is 9.26. The number of phenolic OH excluding ortho intramolecular Hbond substituents is 1. The zero-order chi connectivity index (χ0) is 13.2. The van der Waals surface area contributed by atoms with Gasteiger partial charge in [0.1, 0.15) is 5.75 Å². The van der Waals surface area contributed by atoms with E-state index in [1.165, 1.54) is 0 Å². The quantitative estimate of drug-likeness (QED) is 0.745. The smallest absolute Gasteiger partial charge is 0.160 e. The van der Waals surface area contributed by atoms with Gasteiger partial charge >= 0.3 is 0 Å². The second-order valence-electron chi connectivity index (χ2n) is 4.46. The van der Waals surface area contributed by atoms with Gasteiger partial charge in [0.05, 0.1) is 6.04 Å². The number of hydrogen-bond donors (Lipinski definition) is 2. The molecule has 0 spiro atoms. The molecule has 0 aliphatic heterocycles. The number of nitrogens with two attached hydrogens (primary N) is 1. The Morgan fingerprint density at radius 2 is 1.89 bits per heavy atom. The summed E-state index contributed by atoms with van der Waals surface area (Å²) in [5, 5.41) is 17.5. The van der Waals surface area contributed by atoms with E-state index in [0.29, 0.717) is 6.42 Å². The Hall–Kier alpha value is -2.40. The van der Waals surface area contributed by atoms with Crippen LogP contribution in [0.15, 0.2) is 48.7 Å². The fraction of sp³-hybridized carbons (Fsp3) is 0.143. The van der Waals surface area contributed by atoms with Gasteiger partial charge in [-0.25, -0.2) is 0 Å². The lowest BCUT2D eigenvalue weighted by molar-refractivity contribution is 0.475. The third-order valence-corrected chi connectivity index (χ3v) is 3.06. The summed E-state index contributed by atoms with van der Waals surface area (Å²) in [4.78, 5) is 0. The van der Waals surface area contributed by atoms with Crippen molar-refractivity contribution in [1.82, 2.24) is 14.6 Å². The average molecular weight is 254 g/mol. The van der Waals surface area contributed by atoms with E-state index in [1.807, 2.05) is 40.9 Å². The predicted octanol–water partition coefficient (Wildman–Crippen LogP) is 1.68. The molecule has 0 bridgehead atoms. The van der Waals surface area contributed by atoms with Crippen molar-refractivity contribution in [3.05, 3.63) is 60.0 Å². The molecule has 5 heteroatoms. The Morgan fingerprint density at radius 1 is 1.11 bits per heavy atom. The van der Waals surface area contributed by atoms with E-state index in [0.717, 1.165) is 17.0 Å². The molecule has 0 radical (unpaired) electrons. The van der Waals surface area contributed by atoms with Crippen LogP contribution in [0.4, 0.5) is 0 Å². The molecule has 2 aromatic heterocycles. The van der Waals surface area contributed by atoms with Crippen LogP contribution in [0.1, 0.15) is 17.4 Å². The number of nitrogens with zero attached hydrogens (tertiary/aromatic N) is 3. The molecule has 0 saturated heterocycles. The molecule has 0 saturated carbocycles. The lowest BCUT2D eigenvalue weighted by Gasteiger charge is -2.10. The summed E-state index contributed by atoms with van der Waals surface area (Å²) in [7, 11) is 0. The van der Waals surface area contributed by atoms with E-state index < -0.39 is 0 Å². The summed E-state index contributed by atoms with van der Waals surface area (Å²) in [5.74, 6) is 0.994. The lowest BCUT2D eigenvalue weighted by Crippen LogP contribution is -2.16. The minimum atomic E-state index is -0.234. The molecule has 0 fully saturated rings. The highest BCUT2D eigenvalue weighted by molar-refractivity contribution is 5.37. The number of hydrogen-bond acceptors (Lipinski definition) is 4. The Morgan fingerprint density at radius 3 is 2.68 bits per heavy atom. The van der Waals surface area contributed by atoms with Crippen LogP contribution in [0, 0.1) is 0 Å². The van der Waals surface area contributed by atoms with Crippen LogP contribution in [-0.4, -0.2) is 19.7 Å². The van der Waals surface area contributed by atoms with Crippen molar-refractivity contribution >= 4 is 5.65 Å². The number of fused-ring (bicyclic) bond motifs is 1. The minimum absolute atomic E-state index is 0.234. The van der Waals surface area contributed by atoms with Crippen molar-refractivity contribution in [2.24, 2.45) is 5.73 Å². The molecule has 19 heavy (non-hydrogen) atoms. The van der Waals surface area contributed by atoms with Gasteiger partial charge < -0.3 is 10.8 Å². The van der Waals surface area contributed by atoms with Crippen molar-refractivity contribution in [1.29, 1.82) is 0 Å². The third kappa shape index (κ3) is 2.28. The number of phenols is 1.